The summed E-state index contributed by atoms with van der Waals surface area (Å²) in [6.45, 7) is 2.72. The first-order valence-electron chi connectivity index (χ1n) is 6.37. The second-order valence-corrected chi connectivity index (χ2v) is 6.14. The zero-order chi connectivity index (χ0) is 14.0. The maximum absolute atomic E-state index is 11.0. The van der Waals surface area contributed by atoms with Gasteiger partial charge in [-0.25, -0.2) is 4.79 Å². The number of amides is 1. The lowest BCUT2D eigenvalue weighted by Crippen LogP contribution is -2.46. The Labute approximate surface area is 121 Å². The van der Waals surface area contributed by atoms with E-state index in [0.717, 1.165) is 22.9 Å². The molecule has 4 nitrogen and oxygen atoms in total. The van der Waals surface area contributed by atoms with Crippen LogP contribution in [0.1, 0.15) is 25.3 Å². The second-order valence-electron chi connectivity index (χ2n) is 5.22. The van der Waals surface area contributed by atoms with Crippen LogP contribution < -0.4 is 0 Å². The fourth-order valence-corrected chi connectivity index (χ4v) is 2.90. The molecule has 1 amide bonds. The third kappa shape index (κ3) is 3.09. The van der Waals surface area contributed by atoms with E-state index in [-0.39, 0.29) is 5.92 Å². The number of piperidine rings is 1. The van der Waals surface area contributed by atoms with E-state index in [1.165, 1.54) is 4.90 Å². The van der Waals surface area contributed by atoms with Gasteiger partial charge in [-0.15, -0.1) is 0 Å². The highest BCUT2D eigenvalue weighted by molar-refractivity contribution is 9.10. The molecule has 1 aromatic carbocycles. The van der Waals surface area contributed by atoms with Gasteiger partial charge in [0.05, 0.1) is 5.60 Å². The summed E-state index contributed by atoms with van der Waals surface area (Å²) in [6, 6.07) is 7.54. The SMILES string of the molecule is CC(O)(c1ccc(Br)cc1)[C@H]1CCCN(C(=O)O)C1. The van der Waals surface area contributed by atoms with Crippen LogP contribution in [0.5, 0.6) is 0 Å². The Morgan fingerprint density at radius 1 is 1.42 bits per heavy atom. The molecule has 2 atom stereocenters. The summed E-state index contributed by atoms with van der Waals surface area (Å²) in [7, 11) is 0. The third-order valence-corrected chi connectivity index (χ3v) is 4.44. The van der Waals surface area contributed by atoms with Crippen molar-refractivity contribution in [3.63, 3.8) is 0 Å². The molecule has 1 fully saturated rings. The van der Waals surface area contributed by atoms with Crippen molar-refractivity contribution in [1.82, 2.24) is 4.90 Å². The van der Waals surface area contributed by atoms with Crippen LogP contribution in [0.15, 0.2) is 28.7 Å². The van der Waals surface area contributed by atoms with Gasteiger partial charge in [0, 0.05) is 23.5 Å². The van der Waals surface area contributed by atoms with Gasteiger partial charge in [0.25, 0.3) is 0 Å². The normalized spacial score (nSPS) is 22.9. The summed E-state index contributed by atoms with van der Waals surface area (Å²) in [4.78, 5) is 12.4. The predicted octanol–water partition coefficient (Wildman–Crippen LogP) is 3.05. The highest BCUT2D eigenvalue weighted by Crippen LogP contribution is 2.35. The maximum atomic E-state index is 11.0. The van der Waals surface area contributed by atoms with E-state index in [2.05, 4.69) is 15.9 Å². The van der Waals surface area contributed by atoms with Crippen molar-refractivity contribution in [2.45, 2.75) is 25.4 Å². The Bertz CT molecular complexity index is 458. The topological polar surface area (TPSA) is 60.8 Å². The molecule has 0 aliphatic carbocycles. The zero-order valence-corrected chi connectivity index (χ0v) is 12.4. The number of carboxylic acid groups (broad SMARTS) is 1. The Morgan fingerprint density at radius 3 is 2.63 bits per heavy atom. The maximum Gasteiger partial charge on any atom is 0.407 e. The van der Waals surface area contributed by atoms with Crippen LogP contribution in [-0.2, 0) is 5.60 Å². The van der Waals surface area contributed by atoms with Crippen molar-refractivity contribution in [3.8, 4) is 0 Å². The summed E-state index contributed by atoms with van der Waals surface area (Å²) in [5.74, 6) is -0.0708. The second kappa shape index (κ2) is 5.51. The first kappa shape index (κ1) is 14.3. The smallest absolute Gasteiger partial charge is 0.407 e. The van der Waals surface area contributed by atoms with Gasteiger partial charge in [-0.3, -0.25) is 0 Å². The fourth-order valence-electron chi connectivity index (χ4n) is 2.63. The third-order valence-electron chi connectivity index (χ3n) is 3.92. The molecule has 0 saturated carbocycles. The Morgan fingerprint density at radius 2 is 2.05 bits per heavy atom. The standard InChI is InChI=1S/C14H18BrNO3/c1-14(19,10-4-6-12(15)7-5-10)11-3-2-8-16(9-11)13(17)18/h4-7,11,19H,2-3,8-9H2,1H3,(H,17,18)/t11-,14?/m0/s1. The number of hydrogen-bond donors (Lipinski definition) is 2. The molecule has 104 valence electrons. The Balaban J connectivity index is 2.18. The lowest BCUT2D eigenvalue weighted by molar-refractivity contribution is -0.0343. The van der Waals surface area contributed by atoms with Crippen molar-refractivity contribution < 1.29 is 15.0 Å². The average Bonchev–Trinajstić information content (AvgIpc) is 2.39. The minimum absolute atomic E-state index is 0.0708. The summed E-state index contributed by atoms with van der Waals surface area (Å²) >= 11 is 3.37. The monoisotopic (exact) mass is 327 g/mol. The average molecular weight is 328 g/mol. The molecule has 0 spiro atoms. The van der Waals surface area contributed by atoms with Gasteiger partial charge < -0.3 is 15.1 Å². The number of likely N-dealkylation sites (tertiary alicyclic amines) is 1. The molecule has 19 heavy (non-hydrogen) atoms. The van der Waals surface area contributed by atoms with Gasteiger partial charge in [0.1, 0.15) is 0 Å². The molecule has 2 N–H and O–H groups in total. The molecule has 0 aromatic heterocycles. The number of nitrogens with zero attached hydrogens (tertiary/aromatic N) is 1. The molecule has 1 aliphatic rings. The summed E-state index contributed by atoms with van der Waals surface area (Å²) < 4.78 is 0.961. The minimum Gasteiger partial charge on any atom is -0.465 e. The Hall–Kier alpha value is -1.07. The quantitative estimate of drug-likeness (QED) is 0.877. The number of rotatable bonds is 2. The van der Waals surface area contributed by atoms with E-state index in [1.54, 1.807) is 6.92 Å². The highest BCUT2D eigenvalue weighted by atomic mass is 79.9. The van der Waals surface area contributed by atoms with Gasteiger partial charge >= 0.3 is 6.09 Å². The zero-order valence-electron chi connectivity index (χ0n) is 10.8. The van der Waals surface area contributed by atoms with Crippen molar-refractivity contribution in [3.05, 3.63) is 34.3 Å². The van der Waals surface area contributed by atoms with Crippen molar-refractivity contribution in [2.75, 3.05) is 13.1 Å². The molecule has 2 rings (SSSR count). The van der Waals surface area contributed by atoms with E-state index >= 15 is 0 Å². The molecule has 0 bridgehead atoms. The minimum atomic E-state index is -1.01. The molecule has 1 aliphatic heterocycles. The first-order valence-corrected chi connectivity index (χ1v) is 7.17. The number of aliphatic hydroxyl groups is 1. The van der Waals surface area contributed by atoms with Crippen molar-refractivity contribution in [1.29, 1.82) is 0 Å². The Kier molecular flexibility index (Phi) is 4.16. The van der Waals surface area contributed by atoms with Gasteiger partial charge in [-0.05, 0) is 37.5 Å². The van der Waals surface area contributed by atoms with Crippen LogP contribution in [-0.4, -0.2) is 34.3 Å². The van der Waals surface area contributed by atoms with Gasteiger partial charge in [0.15, 0.2) is 0 Å². The summed E-state index contributed by atoms with van der Waals surface area (Å²) in [5.41, 5.74) is -0.178. The summed E-state index contributed by atoms with van der Waals surface area (Å²) in [6.07, 6.45) is 0.729. The predicted molar refractivity (Wildman–Crippen MR) is 76.0 cm³/mol. The number of carbonyl (C=O) groups is 1. The van der Waals surface area contributed by atoms with Crippen LogP contribution in [0, 0.1) is 5.92 Å². The molecule has 1 heterocycles. The van der Waals surface area contributed by atoms with E-state index in [1.807, 2.05) is 24.3 Å². The first-order chi connectivity index (χ1) is 8.91. The molecule has 1 aromatic rings. The number of benzene rings is 1. The van der Waals surface area contributed by atoms with Gasteiger partial charge in [0.2, 0.25) is 0 Å². The van der Waals surface area contributed by atoms with Gasteiger partial charge in [-0.2, -0.15) is 0 Å². The lowest BCUT2D eigenvalue weighted by Gasteiger charge is -2.39. The van der Waals surface area contributed by atoms with Crippen LogP contribution in [0.25, 0.3) is 0 Å². The fraction of sp³-hybridized carbons (Fsp3) is 0.500. The van der Waals surface area contributed by atoms with Crippen molar-refractivity contribution in [2.24, 2.45) is 5.92 Å². The highest BCUT2D eigenvalue weighted by Gasteiger charge is 2.37. The molecular formula is C14H18BrNO3. The number of halogens is 1. The molecule has 5 heteroatoms. The molecule has 1 unspecified atom stereocenters. The largest absolute Gasteiger partial charge is 0.465 e. The van der Waals surface area contributed by atoms with Crippen LogP contribution in [0.2, 0.25) is 0 Å². The number of hydrogen-bond acceptors (Lipinski definition) is 2. The van der Waals surface area contributed by atoms with E-state index in [0.29, 0.717) is 13.1 Å². The van der Waals surface area contributed by atoms with Crippen LogP contribution in [0.4, 0.5) is 4.79 Å². The van der Waals surface area contributed by atoms with Crippen LogP contribution in [0.3, 0.4) is 0 Å². The van der Waals surface area contributed by atoms with Crippen LogP contribution >= 0.6 is 15.9 Å². The van der Waals surface area contributed by atoms with Gasteiger partial charge in [-0.1, -0.05) is 28.1 Å². The van der Waals surface area contributed by atoms with E-state index in [9.17, 15) is 9.90 Å². The lowest BCUT2D eigenvalue weighted by atomic mass is 9.78. The molecular weight excluding hydrogens is 310 g/mol. The molecule has 1 saturated heterocycles. The summed E-state index contributed by atoms with van der Waals surface area (Å²) in [5, 5.41) is 19.8. The van der Waals surface area contributed by atoms with E-state index in [4.69, 9.17) is 5.11 Å². The molecule has 0 radical (unpaired) electrons. The van der Waals surface area contributed by atoms with E-state index < -0.39 is 11.7 Å². The van der Waals surface area contributed by atoms with Crippen molar-refractivity contribution >= 4 is 22.0 Å².